The minimum Gasteiger partial charge on any atom is -0.493 e. The second-order valence-corrected chi connectivity index (χ2v) is 12.5. The van der Waals surface area contributed by atoms with Gasteiger partial charge in [0.2, 0.25) is 0 Å². The van der Waals surface area contributed by atoms with Crippen LogP contribution in [0.2, 0.25) is 0 Å². The number of para-hydroxylation sites is 2. The van der Waals surface area contributed by atoms with E-state index in [1.807, 2.05) is 0 Å². The van der Waals surface area contributed by atoms with Gasteiger partial charge in [0.15, 0.2) is 23.0 Å². The summed E-state index contributed by atoms with van der Waals surface area (Å²) < 4.78 is 31.6. The lowest BCUT2D eigenvalue weighted by molar-refractivity contribution is -0.209. The van der Waals surface area contributed by atoms with Crippen molar-refractivity contribution in [2.45, 2.75) is 77.4 Å². The maximum atomic E-state index is 12.5. The van der Waals surface area contributed by atoms with Crippen LogP contribution in [-0.4, -0.2) is 64.9 Å². The van der Waals surface area contributed by atoms with Gasteiger partial charge in [-0.3, -0.25) is 0 Å². The third-order valence-electron chi connectivity index (χ3n) is 9.60. The van der Waals surface area contributed by atoms with Crippen LogP contribution in [0.25, 0.3) is 0 Å². The molecule has 2 saturated carbocycles. The molecule has 0 unspecified atom stereocenters. The van der Waals surface area contributed by atoms with Gasteiger partial charge in [-0.1, -0.05) is 26.0 Å². The van der Waals surface area contributed by atoms with Crippen molar-refractivity contribution in [2.24, 2.45) is 17.3 Å². The van der Waals surface area contributed by atoms with Gasteiger partial charge in [-0.2, -0.15) is 9.59 Å². The standard InChI is InChI=1S/C35H44O14/c1-35(2,21-13-17-23(18-14-21)44-33(38)48-46-31(36)25-9-7-11-27(40-3)29(25)42-5)22-15-19-24(20-16-22)45-34(39)49-47-32(37)26-10-8-12-28(41-4)30(26)43-6/h7-12,21-24H,13-20H2,1-6H3. The third kappa shape index (κ3) is 9.18. The molecule has 0 aromatic heterocycles. The molecular formula is C35H44O14. The summed E-state index contributed by atoms with van der Waals surface area (Å²) in [4.78, 5) is 68.2. The summed E-state index contributed by atoms with van der Waals surface area (Å²) >= 11 is 0. The van der Waals surface area contributed by atoms with E-state index in [0.717, 1.165) is 25.7 Å². The lowest BCUT2D eigenvalue weighted by Crippen LogP contribution is -2.39. The van der Waals surface area contributed by atoms with Crippen LogP contribution in [0.1, 0.15) is 85.9 Å². The monoisotopic (exact) mass is 688 g/mol. The molecule has 0 radical (unpaired) electrons. The smallest absolute Gasteiger partial charge is 0.493 e. The van der Waals surface area contributed by atoms with Crippen LogP contribution in [0.3, 0.4) is 0 Å². The van der Waals surface area contributed by atoms with Crippen molar-refractivity contribution in [1.29, 1.82) is 0 Å². The van der Waals surface area contributed by atoms with Gasteiger partial charge >= 0.3 is 24.2 Å². The average Bonchev–Trinajstić information content (AvgIpc) is 3.12. The van der Waals surface area contributed by atoms with E-state index in [1.165, 1.54) is 40.6 Å². The van der Waals surface area contributed by atoms with Crippen LogP contribution in [-0.2, 0) is 29.0 Å². The Balaban J connectivity index is 1.16. The molecule has 49 heavy (non-hydrogen) atoms. The number of carbonyl (C=O) groups is 4. The highest BCUT2D eigenvalue weighted by Crippen LogP contribution is 2.49. The normalized spacial score (nSPS) is 20.5. The molecule has 2 fully saturated rings. The van der Waals surface area contributed by atoms with Crippen LogP contribution in [0.5, 0.6) is 23.0 Å². The second-order valence-electron chi connectivity index (χ2n) is 12.5. The van der Waals surface area contributed by atoms with Crippen molar-refractivity contribution in [2.75, 3.05) is 28.4 Å². The first-order valence-electron chi connectivity index (χ1n) is 16.1. The van der Waals surface area contributed by atoms with Crippen molar-refractivity contribution in [3.63, 3.8) is 0 Å². The molecule has 0 heterocycles. The number of carbonyl (C=O) groups excluding carboxylic acids is 4. The third-order valence-corrected chi connectivity index (χ3v) is 9.60. The molecule has 0 N–H and O–H groups in total. The molecule has 0 atom stereocenters. The molecule has 14 heteroatoms. The largest absolute Gasteiger partial charge is 0.550 e. The second kappa shape index (κ2) is 17.0. The van der Waals surface area contributed by atoms with Gasteiger partial charge < -0.3 is 28.4 Å². The molecule has 14 nitrogen and oxygen atoms in total. The fourth-order valence-electron chi connectivity index (χ4n) is 6.82. The minimum atomic E-state index is -1.09. The van der Waals surface area contributed by atoms with Crippen LogP contribution in [0, 0.1) is 17.3 Å². The molecular weight excluding hydrogens is 644 g/mol. The van der Waals surface area contributed by atoms with E-state index in [4.69, 9.17) is 38.2 Å². The molecule has 0 bridgehead atoms. The van der Waals surface area contributed by atoms with E-state index in [-0.39, 0.29) is 40.2 Å². The van der Waals surface area contributed by atoms with Crippen molar-refractivity contribution in [3.05, 3.63) is 47.5 Å². The fraction of sp³-hybridized carbons (Fsp3) is 0.543. The van der Waals surface area contributed by atoms with Crippen molar-refractivity contribution < 1.29 is 67.1 Å². The van der Waals surface area contributed by atoms with Gasteiger partial charge in [0.05, 0.1) is 28.4 Å². The van der Waals surface area contributed by atoms with Gasteiger partial charge in [0.25, 0.3) is 0 Å². The number of ether oxygens (including phenoxy) is 6. The topological polar surface area (TPSA) is 161 Å². The highest BCUT2D eigenvalue weighted by Gasteiger charge is 2.42. The average molecular weight is 689 g/mol. The molecule has 2 aliphatic rings. The van der Waals surface area contributed by atoms with Crippen molar-refractivity contribution in [3.8, 4) is 23.0 Å². The zero-order valence-corrected chi connectivity index (χ0v) is 28.6. The zero-order chi connectivity index (χ0) is 35.6. The highest BCUT2D eigenvalue weighted by molar-refractivity contribution is 5.94. The first-order valence-corrected chi connectivity index (χ1v) is 16.1. The number of rotatable bonds is 10. The lowest BCUT2D eigenvalue weighted by Gasteiger charge is -2.46. The SMILES string of the molecule is COc1cccc(C(=O)OOC(=O)OC2CCC(C(C)(C)C3CCC(OC(=O)OOC(=O)c4cccc(OC)c4OC)CC3)CC2)c1OC. The predicted molar refractivity (Wildman–Crippen MR) is 170 cm³/mol. The molecule has 2 aromatic rings. The van der Waals surface area contributed by atoms with E-state index < -0.39 is 24.2 Å². The van der Waals surface area contributed by atoms with Gasteiger partial charge in [0, 0.05) is 0 Å². The molecule has 4 rings (SSSR count). The molecule has 0 aliphatic heterocycles. The number of benzene rings is 2. The highest BCUT2D eigenvalue weighted by atomic mass is 17.2. The Kier molecular flexibility index (Phi) is 12.8. The molecule has 0 amide bonds. The first kappa shape index (κ1) is 36.9. The summed E-state index contributed by atoms with van der Waals surface area (Å²) in [6.45, 7) is 4.51. The Labute approximate surface area is 285 Å². The Morgan fingerprint density at radius 3 is 1.22 bits per heavy atom. The van der Waals surface area contributed by atoms with Crippen LogP contribution < -0.4 is 18.9 Å². The molecule has 2 aliphatic carbocycles. The Morgan fingerprint density at radius 2 is 0.898 bits per heavy atom. The Bertz CT molecular complexity index is 1350. The molecule has 268 valence electrons. The summed E-state index contributed by atoms with van der Waals surface area (Å²) in [5, 5.41) is 0. The number of hydrogen-bond acceptors (Lipinski definition) is 14. The van der Waals surface area contributed by atoms with Crippen molar-refractivity contribution in [1.82, 2.24) is 0 Å². The Hall–Kier alpha value is -4.88. The maximum Gasteiger partial charge on any atom is 0.550 e. The first-order chi connectivity index (χ1) is 23.5. The number of hydrogen-bond donors (Lipinski definition) is 0. The van der Waals surface area contributed by atoms with Crippen LogP contribution >= 0.6 is 0 Å². The predicted octanol–water partition coefficient (Wildman–Crippen LogP) is 7.02. The zero-order valence-electron chi connectivity index (χ0n) is 28.6. The summed E-state index contributed by atoms with van der Waals surface area (Å²) in [6.07, 6.45) is 3.05. The number of methoxy groups -OCH3 is 4. The summed E-state index contributed by atoms with van der Waals surface area (Å²) in [7, 11) is 5.63. The van der Waals surface area contributed by atoms with Gasteiger partial charge in [-0.25, -0.2) is 29.1 Å². The van der Waals surface area contributed by atoms with Crippen LogP contribution in [0.4, 0.5) is 9.59 Å². The van der Waals surface area contributed by atoms with E-state index >= 15 is 0 Å². The summed E-state index contributed by atoms with van der Waals surface area (Å²) in [6, 6.07) is 9.31. The fourth-order valence-corrected chi connectivity index (χ4v) is 6.82. The summed E-state index contributed by atoms with van der Waals surface area (Å²) in [5.74, 6) is -0.108. The van der Waals surface area contributed by atoms with E-state index in [9.17, 15) is 19.2 Å². The van der Waals surface area contributed by atoms with Crippen LogP contribution in [0.15, 0.2) is 36.4 Å². The molecule has 0 saturated heterocycles. The van der Waals surface area contributed by atoms with Gasteiger partial charge in [-0.05, 0) is 92.9 Å². The maximum absolute atomic E-state index is 12.5. The quantitative estimate of drug-likeness (QED) is 0.142. The van der Waals surface area contributed by atoms with E-state index in [0.29, 0.717) is 49.0 Å². The minimum absolute atomic E-state index is 0.00634. The van der Waals surface area contributed by atoms with Gasteiger partial charge in [-0.15, -0.1) is 0 Å². The molecule has 2 aromatic carbocycles. The Morgan fingerprint density at radius 1 is 0.531 bits per heavy atom. The van der Waals surface area contributed by atoms with E-state index in [2.05, 4.69) is 23.6 Å². The van der Waals surface area contributed by atoms with E-state index in [1.54, 1.807) is 24.3 Å². The molecule has 0 spiro atoms. The lowest BCUT2D eigenvalue weighted by atomic mass is 9.60. The summed E-state index contributed by atoms with van der Waals surface area (Å²) in [5.41, 5.74) is 0.0590. The van der Waals surface area contributed by atoms with Crippen molar-refractivity contribution >= 4 is 24.2 Å². The van der Waals surface area contributed by atoms with Gasteiger partial charge in [0.1, 0.15) is 23.3 Å².